The van der Waals surface area contributed by atoms with Gasteiger partial charge in [-0.2, -0.15) is 0 Å². The molecule has 9 heteroatoms. The van der Waals surface area contributed by atoms with Gasteiger partial charge < -0.3 is 15.2 Å². The van der Waals surface area contributed by atoms with Crippen LogP contribution >= 0.6 is 22.6 Å². The van der Waals surface area contributed by atoms with Crippen LogP contribution < -0.4 is 5.32 Å². The number of benzene rings is 4. The minimum atomic E-state index is -1.77. The van der Waals surface area contributed by atoms with Crippen molar-refractivity contribution in [2.75, 3.05) is 5.32 Å². The summed E-state index contributed by atoms with van der Waals surface area (Å²) in [6, 6.07) is 26.8. The predicted molar refractivity (Wildman–Crippen MR) is 160 cm³/mol. The fourth-order valence-electron chi connectivity index (χ4n) is 7.22. The Labute approximate surface area is 254 Å². The van der Waals surface area contributed by atoms with Gasteiger partial charge in [-0.05, 0) is 75.2 Å². The van der Waals surface area contributed by atoms with Gasteiger partial charge in [-0.15, -0.1) is 0 Å². The summed E-state index contributed by atoms with van der Waals surface area (Å²) < 4.78 is 21.9. The van der Waals surface area contributed by atoms with Crippen LogP contribution in [0.3, 0.4) is 0 Å². The van der Waals surface area contributed by atoms with Crippen molar-refractivity contribution in [1.29, 1.82) is 0 Å². The number of fused-ring (bicyclic) bond motifs is 3. The van der Waals surface area contributed by atoms with Crippen molar-refractivity contribution in [1.82, 2.24) is 4.90 Å². The molecule has 42 heavy (non-hydrogen) atoms. The first-order chi connectivity index (χ1) is 20.3. The number of carboxylic acids is 1. The standard InChI is InChI=1S/C33H24FIN2O5/c34-21-13-7-12-20(16-21)29-33(23-17-22(35)14-15-24(23)36-32(33)41)25(30(38)39)27-31(40)42-28(19-10-5-2-6-11-19)26(37(27)29)18-8-3-1-4-9-18/h1-17,25-29H,(H,36,41)(H,38,39)/t25-,26-,27-,28+,29+,33-/m0/s1. The zero-order valence-corrected chi connectivity index (χ0v) is 24.1. The Morgan fingerprint density at radius 1 is 0.857 bits per heavy atom. The number of aliphatic carboxylic acids is 1. The molecule has 0 aliphatic carbocycles. The zero-order chi connectivity index (χ0) is 29.2. The maximum absolute atomic E-state index is 14.9. The molecule has 3 aliphatic rings. The van der Waals surface area contributed by atoms with Crippen LogP contribution in [0.2, 0.25) is 0 Å². The van der Waals surface area contributed by atoms with Gasteiger partial charge >= 0.3 is 11.9 Å². The Kier molecular flexibility index (Phi) is 6.39. The number of nitrogens with zero attached hydrogens (tertiary/aromatic N) is 1. The van der Waals surface area contributed by atoms with Crippen LogP contribution in [0, 0.1) is 15.3 Å². The minimum Gasteiger partial charge on any atom is -0.481 e. The highest BCUT2D eigenvalue weighted by Crippen LogP contribution is 2.64. The second-order valence-corrected chi connectivity index (χ2v) is 12.0. The number of cyclic esters (lactones) is 1. The average molecular weight is 674 g/mol. The van der Waals surface area contributed by atoms with Gasteiger partial charge in [-0.3, -0.25) is 19.3 Å². The normalized spacial score (nSPS) is 28.2. The summed E-state index contributed by atoms with van der Waals surface area (Å²) >= 11 is 2.12. The number of esters is 1. The van der Waals surface area contributed by atoms with Crippen LogP contribution in [-0.2, 0) is 24.5 Å². The van der Waals surface area contributed by atoms with E-state index in [-0.39, 0.29) is 0 Å². The predicted octanol–water partition coefficient (Wildman–Crippen LogP) is 5.79. The summed E-state index contributed by atoms with van der Waals surface area (Å²) in [6.07, 6.45) is -0.821. The summed E-state index contributed by atoms with van der Waals surface area (Å²) in [5.41, 5.74) is 1.05. The van der Waals surface area contributed by atoms with Gasteiger partial charge in [0.25, 0.3) is 0 Å². The molecule has 0 radical (unpaired) electrons. The number of hydrogen-bond donors (Lipinski definition) is 2. The summed E-state index contributed by atoms with van der Waals surface area (Å²) in [5.74, 6) is -4.66. The number of hydrogen-bond acceptors (Lipinski definition) is 5. The Bertz CT molecular complexity index is 1740. The molecule has 210 valence electrons. The third-order valence-electron chi connectivity index (χ3n) is 8.70. The summed E-state index contributed by atoms with van der Waals surface area (Å²) in [5, 5.41) is 13.8. The molecule has 1 amide bonds. The number of carbonyl (C=O) groups excluding carboxylic acids is 2. The maximum Gasteiger partial charge on any atom is 0.325 e. The van der Waals surface area contributed by atoms with Crippen LogP contribution in [0.4, 0.5) is 10.1 Å². The van der Waals surface area contributed by atoms with E-state index in [9.17, 15) is 23.9 Å². The Balaban J connectivity index is 1.58. The molecule has 0 saturated carbocycles. The van der Waals surface area contributed by atoms with E-state index in [2.05, 4.69) is 27.9 Å². The number of anilines is 1. The van der Waals surface area contributed by atoms with Crippen LogP contribution in [0.5, 0.6) is 0 Å². The molecule has 0 aromatic heterocycles. The van der Waals surface area contributed by atoms with E-state index < -0.39 is 59.2 Å². The fraction of sp³-hybridized carbons (Fsp3) is 0.182. The maximum atomic E-state index is 14.9. The second kappa shape index (κ2) is 10.0. The molecule has 2 fully saturated rings. The van der Waals surface area contributed by atoms with Crippen molar-refractivity contribution < 1.29 is 28.6 Å². The number of ether oxygens (including phenoxy) is 1. The molecular weight excluding hydrogens is 650 g/mol. The SMILES string of the molecule is O=C1O[C@H](c2ccccc2)[C@H](c2ccccc2)N2[C@H]1[C@@H](C(=O)O)[C@]1(C(=O)Nc3ccc(I)cc31)[C@H]2c1cccc(F)c1. The molecule has 7 nitrogen and oxygen atoms in total. The van der Waals surface area contributed by atoms with Gasteiger partial charge in [0, 0.05) is 9.26 Å². The van der Waals surface area contributed by atoms with Gasteiger partial charge in [0.05, 0.1) is 12.1 Å². The smallest absolute Gasteiger partial charge is 0.325 e. The molecule has 0 bridgehead atoms. The van der Waals surface area contributed by atoms with Crippen molar-refractivity contribution in [2.24, 2.45) is 5.92 Å². The molecular formula is C33H24FIN2O5. The highest BCUT2D eigenvalue weighted by atomic mass is 127. The monoisotopic (exact) mass is 674 g/mol. The van der Waals surface area contributed by atoms with E-state index in [1.807, 2.05) is 66.7 Å². The molecule has 7 rings (SSSR count). The average Bonchev–Trinajstić information content (AvgIpc) is 3.46. The Morgan fingerprint density at radius 3 is 2.19 bits per heavy atom. The Hall–Kier alpha value is -4.09. The molecule has 6 atom stereocenters. The molecule has 3 heterocycles. The van der Waals surface area contributed by atoms with Gasteiger partial charge in [-0.25, -0.2) is 4.39 Å². The van der Waals surface area contributed by atoms with E-state index >= 15 is 0 Å². The fourth-order valence-corrected chi connectivity index (χ4v) is 7.71. The second-order valence-electron chi connectivity index (χ2n) is 10.8. The lowest BCUT2D eigenvalue weighted by atomic mass is 9.65. The van der Waals surface area contributed by atoms with E-state index in [0.717, 1.165) is 14.7 Å². The summed E-state index contributed by atoms with van der Waals surface area (Å²) in [7, 11) is 0. The lowest BCUT2D eigenvalue weighted by molar-refractivity contribution is -0.179. The lowest BCUT2D eigenvalue weighted by Gasteiger charge is -2.46. The zero-order valence-electron chi connectivity index (χ0n) is 22.0. The van der Waals surface area contributed by atoms with E-state index in [1.165, 1.54) is 12.1 Å². The molecule has 4 aromatic carbocycles. The molecule has 1 spiro atoms. The van der Waals surface area contributed by atoms with Crippen molar-refractivity contribution in [3.05, 3.63) is 135 Å². The topological polar surface area (TPSA) is 95.9 Å². The highest BCUT2D eigenvalue weighted by Gasteiger charge is 2.74. The number of nitrogens with one attached hydrogen (secondary N) is 1. The third kappa shape index (κ3) is 3.83. The van der Waals surface area contributed by atoms with E-state index in [4.69, 9.17) is 4.74 Å². The first-order valence-electron chi connectivity index (χ1n) is 13.5. The number of halogens is 2. The largest absolute Gasteiger partial charge is 0.481 e. The van der Waals surface area contributed by atoms with Crippen LogP contribution in [0.25, 0.3) is 0 Å². The van der Waals surface area contributed by atoms with Gasteiger partial charge in [0.15, 0.2) is 0 Å². The van der Waals surface area contributed by atoms with Gasteiger partial charge in [-0.1, -0.05) is 72.8 Å². The van der Waals surface area contributed by atoms with Crippen LogP contribution in [-0.4, -0.2) is 33.9 Å². The van der Waals surface area contributed by atoms with Crippen LogP contribution in [0.15, 0.2) is 103 Å². The molecule has 3 aliphatic heterocycles. The number of carboxylic acid groups (broad SMARTS) is 1. The van der Waals surface area contributed by atoms with Crippen molar-refractivity contribution in [2.45, 2.75) is 29.6 Å². The first-order valence-corrected chi connectivity index (χ1v) is 14.6. The first kappa shape index (κ1) is 26.8. The van der Waals surface area contributed by atoms with Gasteiger partial charge in [0.2, 0.25) is 5.91 Å². The number of rotatable bonds is 4. The molecule has 2 N–H and O–H groups in total. The quantitative estimate of drug-likeness (QED) is 0.211. The highest BCUT2D eigenvalue weighted by molar-refractivity contribution is 14.1. The number of carbonyl (C=O) groups is 3. The number of morpholine rings is 1. The molecule has 4 aromatic rings. The van der Waals surface area contributed by atoms with E-state index in [0.29, 0.717) is 16.8 Å². The van der Waals surface area contributed by atoms with Crippen molar-refractivity contribution in [3.8, 4) is 0 Å². The Morgan fingerprint density at radius 2 is 1.52 bits per heavy atom. The number of amides is 1. The van der Waals surface area contributed by atoms with Crippen molar-refractivity contribution >= 4 is 46.1 Å². The summed E-state index contributed by atoms with van der Waals surface area (Å²) in [4.78, 5) is 43.6. The third-order valence-corrected chi connectivity index (χ3v) is 9.37. The molecule has 0 unspecified atom stereocenters. The lowest BCUT2D eigenvalue weighted by Crippen LogP contribution is -2.52. The summed E-state index contributed by atoms with van der Waals surface area (Å²) in [6.45, 7) is 0. The van der Waals surface area contributed by atoms with Gasteiger partial charge in [0.1, 0.15) is 29.3 Å². The van der Waals surface area contributed by atoms with E-state index in [1.54, 1.807) is 29.2 Å². The molecule has 2 saturated heterocycles. The van der Waals surface area contributed by atoms with Crippen molar-refractivity contribution in [3.63, 3.8) is 0 Å². The van der Waals surface area contributed by atoms with Crippen LogP contribution in [0.1, 0.15) is 40.4 Å². The minimum absolute atomic E-state index is 0.396.